The Bertz CT molecular complexity index is 375. The van der Waals surface area contributed by atoms with E-state index in [0.29, 0.717) is 19.3 Å². The molecule has 1 aliphatic heterocycles. The number of fused-ring (bicyclic) bond motifs is 2. The van der Waals surface area contributed by atoms with Crippen LogP contribution in [-0.2, 0) is 9.47 Å². The predicted octanol–water partition coefficient (Wildman–Crippen LogP) is -1.32. The summed E-state index contributed by atoms with van der Waals surface area (Å²) in [6.07, 6.45) is -4.64. The maximum absolute atomic E-state index is 10.3. The zero-order valence-corrected chi connectivity index (χ0v) is 12.5. The second-order valence-corrected chi connectivity index (χ2v) is 6.75. The van der Waals surface area contributed by atoms with Crippen molar-refractivity contribution in [2.24, 2.45) is 0 Å². The Morgan fingerprint density at radius 1 is 0.500 bits per heavy atom. The van der Waals surface area contributed by atoms with Crippen molar-refractivity contribution >= 4 is 0 Å². The van der Waals surface area contributed by atoms with E-state index in [-0.39, 0.29) is 6.42 Å². The number of hydrogen-bond acceptors (Lipinski definition) is 7. The van der Waals surface area contributed by atoms with Crippen molar-refractivity contribution in [3.63, 3.8) is 0 Å². The highest BCUT2D eigenvalue weighted by atomic mass is 16.6. The van der Waals surface area contributed by atoms with Gasteiger partial charge in [0.05, 0.1) is 24.4 Å². The number of aliphatic hydroxyl groups excluding tert-OH is 5. The van der Waals surface area contributed by atoms with Crippen LogP contribution in [0.3, 0.4) is 0 Å². The van der Waals surface area contributed by atoms with Crippen LogP contribution in [0.15, 0.2) is 0 Å². The minimum absolute atomic E-state index is 0.252. The minimum atomic E-state index is -1.18. The van der Waals surface area contributed by atoms with E-state index < -0.39 is 54.9 Å². The van der Waals surface area contributed by atoms with Crippen molar-refractivity contribution in [3.05, 3.63) is 0 Å². The lowest BCUT2D eigenvalue weighted by atomic mass is 9.89. The van der Waals surface area contributed by atoms with Crippen LogP contribution in [0.5, 0.6) is 0 Å². The van der Waals surface area contributed by atoms with Crippen LogP contribution in [0, 0.1) is 0 Å². The van der Waals surface area contributed by atoms with E-state index in [9.17, 15) is 25.5 Å². The van der Waals surface area contributed by atoms with E-state index in [1.165, 1.54) is 0 Å². The summed E-state index contributed by atoms with van der Waals surface area (Å²) >= 11 is 0. The number of aliphatic hydroxyl groups is 5. The minimum Gasteiger partial charge on any atom is -0.390 e. The summed E-state index contributed by atoms with van der Waals surface area (Å²) in [4.78, 5) is 0. The Labute approximate surface area is 129 Å². The van der Waals surface area contributed by atoms with Gasteiger partial charge in [-0.25, -0.2) is 0 Å². The van der Waals surface area contributed by atoms with Crippen molar-refractivity contribution < 1.29 is 35.0 Å². The van der Waals surface area contributed by atoms with E-state index in [1.54, 1.807) is 0 Å². The van der Waals surface area contributed by atoms with Gasteiger partial charge >= 0.3 is 0 Å². The molecule has 9 unspecified atom stereocenters. The van der Waals surface area contributed by atoms with Gasteiger partial charge in [0.2, 0.25) is 0 Å². The summed E-state index contributed by atoms with van der Waals surface area (Å²) in [6, 6.07) is 0. The Kier molecular flexibility index (Phi) is 5.04. The van der Waals surface area contributed by atoms with Crippen LogP contribution in [0.4, 0.5) is 0 Å². The quantitative estimate of drug-likeness (QED) is 0.376. The molecule has 0 aromatic heterocycles. The smallest absolute Gasteiger partial charge is 0.115 e. The highest BCUT2D eigenvalue weighted by Crippen LogP contribution is 2.35. The summed E-state index contributed by atoms with van der Waals surface area (Å²) in [7, 11) is 0. The second kappa shape index (κ2) is 6.68. The summed E-state index contributed by atoms with van der Waals surface area (Å²) in [5.41, 5.74) is 0. The first kappa shape index (κ1) is 16.6. The van der Waals surface area contributed by atoms with Crippen molar-refractivity contribution in [2.75, 3.05) is 0 Å². The summed E-state index contributed by atoms with van der Waals surface area (Å²) in [5.74, 6) is 0. The van der Waals surface area contributed by atoms with Gasteiger partial charge in [0, 0.05) is 0 Å². The van der Waals surface area contributed by atoms with Crippen LogP contribution < -0.4 is 0 Å². The van der Waals surface area contributed by atoms with Gasteiger partial charge in [-0.15, -0.1) is 0 Å². The van der Waals surface area contributed by atoms with Crippen molar-refractivity contribution in [2.45, 2.75) is 93.5 Å². The number of ether oxygens (including phenoxy) is 2. The van der Waals surface area contributed by atoms with Crippen LogP contribution in [0.25, 0.3) is 0 Å². The third-order valence-electron chi connectivity index (χ3n) is 5.15. The first-order valence-corrected chi connectivity index (χ1v) is 8.20. The summed E-state index contributed by atoms with van der Waals surface area (Å²) in [6.45, 7) is 0. The van der Waals surface area contributed by atoms with Crippen molar-refractivity contribution in [1.29, 1.82) is 0 Å². The molecular weight excluding hydrogens is 292 g/mol. The Morgan fingerprint density at radius 2 is 0.909 bits per heavy atom. The van der Waals surface area contributed by atoms with Crippen LogP contribution in [0.2, 0.25) is 0 Å². The molecule has 0 aromatic rings. The molecule has 1 saturated heterocycles. The molecule has 3 rings (SSSR count). The molecule has 7 heteroatoms. The molecule has 3 fully saturated rings. The molecule has 9 atom stereocenters. The fraction of sp³-hybridized carbons (Fsp3) is 1.00. The second-order valence-electron chi connectivity index (χ2n) is 6.75. The SMILES string of the molecule is OC1CCC(O)C2OC3C(O)CCCCC(O)C3OC2C1O. The monoisotopic (exact) mass is 318 g/mol. The number of rotatable bonds is 0. The van der Waals surface area contributed by atoms with E-state index in [0.717, 1.165) is 12.8 Å². The van der Waals surface area contributed by atoms with Crippen LogP contribution in [-0.4, -0.2) is 80.5 Å². The molecular formula is C15H26O7. The molecule has 2 aliphatic carbocycles. The molecule has 2 saturated carbocycles. The van der Waals surface area contributed by atoms with E-state index >= 15 is 0 Å². The molecule has 128 valence electrons. The first-order valence-electron chi connectivity index (χ1n) is 8.20. The molecule has 0 spiro atoms. The summed E-state index contributed by atoms with van der Waals surface area (Å²) in [5, 5.41) is 50.9. The van der Waals surface area contributed by atoms with Gasteiger partial charge in [-0.2, -0.15) is 0 Å². The largest absolute Gasteiger partial charge is 0.390 e. The van der Waals surface area contributed by atoms with E-state index in [1.807, 2.05) is 0 Å². The normalized spacial score (nSPS) is 53.6. The van der Waals surface area contributed by atoms with E-state index in [4.69, 9.17) is 9.47 Å². The lowest BCUT2D eigenvalue weighted by Crippen LogP contribution is -2.63. The Hall–Kier alpha value is -0.280. The van der Waals surface area contributed by atoms with Crippen LogP contribution in [0.1, 0.15) is 38.5 Å². The average molecular weight is 318 g/mol. The lowest BCUT2D eigenvalue weighted by molar-refractivity contribution is -0.298. The zero-order valence-electron chi connectivity index (χ0n) is 12.5. The van der Waals surface area contributed by atoms with Crippen LogP contribution >= 0.6 is 0 Å². The van der Waals surface area contributed by atoms with Gasteiger partial charge in [-0.05, 0) is 25.7 Å². The van der Waals surface area contributed by atoms with Crippen molar-refractivity contribution in [1.82, 2.24) is 0 Å². The fourth-order valence-electron chi connectivity index (χ4n) is 3.81. The average Bonchev–Trinajstić information content (AvgIpc) is 2.61. The predicted molar refractivity (Wildman–Crippen MR) is 75.1 cm³/mol. The molecule has 22 heavy (non-hydrogen) atoms. The molecule has 0 bridgehead atoms. The molecule has 3 aliphatic rings. The highest BCUT2D eigenvalue weighted by molar-refractivity contribution is 4.99. The van der Waals surface area contributed by atoms with Gasteiger partial charge in [-0.3, -0.25) is 0 Å². The zero-order chi connectivity index (χ0) is 15.9. The van der Waals surface area contributed by atoms with Gasteiger partial charge in [0.25, 0.3) is 0 Å². The van der Waals surface area contributed by atoms with Crippen molar-refractivity contribution in [3.8, 4) is 0 Å². The third kappa shape index (κ3) is 3.03. The molecule has 0 aromatic carbocycles. The fourth-order valence-corrected chi connectivity index (χ4v) is 3.81. The van der Waals surface area contributed by atoms with Gasteiger partial charge in [0.1, 0.15) is 30.5 Å². The maximum atomic E-state index is 10.3. The topological polar surface area (TPSA) is 120 Å². The van der Waals surface area contributed by atoms with Gasteiger partial charge in [0.15, 0.2) is 0 Å². The highest BCUT2D eigenvalue weighted by Gasteiger charge is 2.51. The molecule has 5 N–H and O–H groups in total. The molecule has 7 nitrogen and oxygen atoms in total. The lowest BCUT2D eigenvalue weighted by Gasteiger charge is -2.47. The molecule has 0 amide bonds. The molecule has 0 radical (unpaired) electrons. The summed E-state index contributed by atoms with van der Waals surface area (Å²) < 4.78 is 11.7. The van der Waals surface area contributed by atoms with Gasteiger partial charge in [-0.1, -0.05) is 12.8 Å². The third-order valence-corrected chi connectivity index (χ3v) is 5.15. The number of hydrogen-bond donors (Lipinski definition) is 5. The molecule has 1 heterocycles. The van der Waals surface area contributed by atoms with E-state index in [2.05, 4.69) is 0 Å². The standard InChI is InChI=1S/C15H26O7/c16-7-5-6-10(19)14-15(11(7)20)22-13-9(18)4-2-1-3-8(17)12(13)21-14/h7-20H,1-6H2. The van der Waals surface area contributed by atoms with Gasteiger partial charge < -0.3 is 35.0 Å². The maximum Gasteiger partial charge on any atom is 0.115 e. The first-order chi connectivity index (χ1) is 10.5. The Morgan fingerprint density at radius 3 is 1.50 bits per heavy atom. The Balaban J connectivity index is 1.85.